The number of aromatic nitrogens is 1. The fourth-order valence-corrected chi connectivity index (χ4v) is 2.74. The number of nitrogens with zero attached hydrogens (tertiary/aromatic N) is 1. The number of thiazole rings is 1. The fraction of sp³-hybridized carbons (Fsp3) is 0.769. The maximum Gasteiger partial charge on any atom is 0.0794 e. The van der Waals surface area contributed by atoms with Crippen LogP contribution in [0.5, 0.6) is 0 Å². The summed E-state index contributed by atoms with van der Waals surface area (Å²) in [6.07, 6.45) is 4.88. The fourth-order valence-electron chi connectivity index (χ4n) is 2.15. The zero-order valence-corrected chi connectivity index (χ0v) is 11.5. The Kier molecular flexibility index (Phi) is 6.65. The van der Waals surface area contributed by atoms with E-state index >= 15 is 0 Å². The molecule has 0 saturated heterocycles. The van der Waals surface area contributed by atoms with E-state index in [1.54, 1.807) is 11.3 Å². The number of nitrogens with one attached hydrogen (secondary N) is 1. The summed E-state index contributed by atoms with van der Waals surface area (Å²) < 4.78 is 0. The monoisotopic (exact) mass is 240 g/mol. The van der Waals surface area contributed by atoms with Crippen molar-refractivity contribution in [2.75, 3.05) is 6.54 Å². The van der Waals surface area contributed by atoms with Crippen molar-refractivity contribution in [2.24, 2.45) is 5.92 Å². The minimum atomic E-state index is 0.665. The van der Waals surface area contributed by atoms with E-state index in [1.807, 2.05) is 5.51 Å². The van der Waals surface area contributed by atoms with Crippen LogP contribution in [-0.4, -0.2) is 17.6 Å². The van der Waals surface area contributed by atoms with E-state index in [1.165, 1.54) is 25.0 Å². The Morgan fingerprint density at radius 2 is 2.25 bits per heavy atom. The van der Waals surface area contributed by atoms with Crippen LogP contribution in [0.1, 0.15) is 45.7 Å². The van der Waals surface area contributed by atoms with Gasteiger partial charge >= 0.3 is 0 Å². The molecule has 3 heteroatoms. The molecule has 16 heavy (non-hydrogen) atoms. The summed E-state index contributed by atoms with van der Waals surface area (Å²) in [6.45, 7) is 7.94. The quantitative estimate of drug-likeness (QED) is 0.752. The second-order valence-electron chi connectivity index (χ2n) is 4.46. The van der Waals surface area contributed by atoms with Crippen LogP contribution < -0.4 is 5.32 Å². The Labute approximate surface area is 103 Å². The molecule has 0 spiro atoms. The Bertz CT molecular complexity index is 259. The number of rotatable bonds is 8. The first-order chi connectivity index (χ1) is 7.77. The molecule has 0 aliphatic carbocycles. The predicted octanol–water partition coefficient (Wildman–Crippen LogP) is 3.49. The van der Waals surface area contributed by atoms with Crippen LogP contribution in [-0.2, 0) is 6.42 Å². The van der Waals surface area contributed by atoms with Crippen molar-refractivity contribution in [1.82, 2.24) is 10.3 Å². The average Bonchev–Trinajstić information content (AvgIpc) is 2.77. The van der Waals surface area contributed by atoms with E-state index in [-0.39, 0.29) is 0 Å². The van der Waals surface area contributed by atoms with Crippen molar-refractivity contribution in [3.63, 3.8) is 0 Å². The predicted molar refractivity (Wildman–Crippen MR) is 72.0 cm³/mol. The molecule has 0 aliphatic heterocycles. The van der Waals surface area contributed by atoms with Crippen LogP contribution in [0.25, 0.3) is 0 Å². The second-order valence-corrected chi connectivity index (χ2v) is 5.18. The molecule has 1 N–H and O–H groups in total. The van der Waals surface area contributed by atoms with Gasteiger partial charge in [-0.15, -0.1) is 11.3 Å². The van der Waals surface area contributed by atoms with Gasteiger partial charge in [0.2, 0.25) is 0 Å². The lowest BCUT2D eigenvalue weighted by atomic mass is 9.95. The molecule has 2 unspecified atom stereocenters. The third-order valence-electron chi connectivity index (χ3n) is 3.14. The molecule has 1 aromatic rings. The van der Waals surface area contributed by atoms with E-state index in [9.17, 15) is 0 Å². The first kappa shape index (κ1) is 13.7. The molecule has 0 amide bonds. The Morgan fingerprint density at radius 3 is 2.81 bits per heavy atom. The topological polar surface area (TPSA) is 24.9 Å². The highest BCUT2D eigenvalue weighted by atomic mass is 32.1. The summed E-state index contributed by atoms with van der Waals surface area (Å²) in [5.74, 6) is 0.783. The molecule has 2 atom stereocenters. The highest BCUT2D eigenvalue weighted by Gasteiger charge is 2.13. The average molecular weight is 240 g/mol. The van der Waals surface area contributed by atoms with Crippen molar-refractivity contribution in [2.45, 2.75) is 52.5 Å². The van der Waals surface area contributed by atoms with Gasteiger partial charge in [-0.05, 0) is 18.8 Å². The molecule has 1 heterocycles. The SMILES string of the molecule is CCCC(C)C(CC)NCCc1cscn1. The summed E-state index contributed by atoms with van der Waals surface area (Å²) in [5, 5.41) is 5.79. The Hall–Kier alpha value is -0.410. The summed E-state index contributed by atoms with van der Waals surface area (Å²) in [4.78, 5) is 4.30. The summed E-state index contributed by atoms with van der Waals surface area (Å²) in [6, 6.07) is 0.665. The maximum absolute atomic E-state index is 4.30. The van der Waals surface area contributed by atoms with Gasteiger partial charge in [-0.2, -0.15) is 0 Å². The highest BCUT2D eigenvalue weighted by molar-refractivity contribution is 7.07. The van der Waals surface area contributed by atoms with E-state index in [4.69, 9.17) is 0 Å². The van der Waals surface area contributed by atoms with Gasteiger partial charge in [0.05, 0.1) is 11.2 Å². The molecule has 92 valence electrons. The van der Waals surface area contributed by atoms with E-state index < -0.39 is 0 Å². The van der Waals surface area contributed by atoms with Gasteiger partial charge in [0.15, 0.2) is 0 Å². The molecule has 1 aromatic heterocycles. The van der Waals surface area contributed by atoms with Crippen molar-refractivity contribution in [3.05, 3.63) is 16.6 Å². The van der Waals surface area contributed by atoms with Crippen LogP contribution in [0, 0.1) is 5.92 Å². The number of hydrogen-bond acceptors (Lipinski definition) is 3. The lowest BCUT2D eigenvalue weighted by Gasteiger charge is -2.23. The van der Waals surface area contributed by atoms with Crippen LogP contribution in [0.15, 0.2) is 10.9 Å². The lowest BCUT2D eigenvalue weighted by molar-refractivity contribution is 0.347. The third-order valence-corrected chi connectivity index (χ3v) is 3.78. The molecule has 0 radical (unpaired) electrons. The molecule has 1 rings (SSSR count). The van der Waals surface area contributed by atoms with Gasteiger partial charge in [0.25, 0.3) is 0 Å². The van der Waals surface area contributed by atoms with E-state index in [0.29, 0.717) is 6.04 Å². The van der Waals surface area contributed by atoms with Crippen molar-refractivity contribution in [3.8, 4) is 0 Å². The molecule has 0 bridgehead atoms. The molecule has 2 nitrogen and oxygen atoms in total. The largest absolute Gasteiger partial charge is 0.313 e. The Balaban J connectivity index is 2.23. The summed E-state index contributed by atoms with van der Waals surface area (Å²) in [5.41, 5.74) is 3.13. The normalized spacial score (nSPS) is 14.9. The Morgan fingerprint density at radius 1 is 1.44 bits per heavy atom. The van der Waals surface area contributed by atoms with Gasteiger partial charge in [0, 0.05) is 24.4 Å². The van der Waals surface area contributed by atoms with Crippen LogP contribution in [0.4, 0.5) is 0 Å². The molecular formula is C13H24N2S. The third kappa shape index (κ3) is 4.62. The maximum atomic E-state index is 4.30. The van der Waals surface area contributed by atoms with E-state index in [2.05, 4.69) is 36.5 Å². The van der Waals surface area contributed by atoms with Gasteiger partial charge in [-0.1, -0.05) is 27.2 Å². The molecule has 0 saturated carbocycles. The van der Waals surface area contributed by atoms with Crippen LogP contribution in [0.2, 0.25) is 0 Å². The van der Waals surface area contributed by atoms with Gasteiger partial charge in [-0.25, -0.2) is 4.98 Å². The molecule has 0 fully saturated rings. The number of hydrogen-bond donors (Lipinski definition) is 1. The second kappa shape index (κ2) is 7.80. The van der Waals surface area contributed by atoms with Crippen LogP contribution in [0.3, 0.4) is 0 Å². The van der Waals surface area contributed by atoms with Crippen molar-refractivity contribution < 1.29 is 0 Å². The zero-order valence-electron chi connectivity index (χ0n) is 10.7. The minimum Gasteiger partial charge on any atom is -0.313 e. The first-order valence-corrected chi connectivity index (χ1v) is 7.32. The van der Waals surface area contributed by atoms with Crippen molar-refractivity contribution >= 4 is 11.3 Å². The molecular weight excluding hydrogens is 216 g/mol. The molecule has 0 aliphatic rings. The zero-order chi connectivity index (χ0) is 11.8. The van der Waals surface area contributed by atoms with Gasteiger partial charge in [0.1, 0.15) is 0 Å². The lowest BCUT2D eigenvalue weighted by Crippen LogP contribution is -2.35. The summed E-state index contributed by atoms with van der Waals surface area (Å²) in [7, 11) is 0. The highest BCUT2D eigenvalue weighted by Crippen LogP contribution is 2.13. The molecule has 0 aromatic carbocycles. The summed E-state index contributed by atoms with van der Waals surface area (Å²) >= 11 is 1.68. The minimum absolute atomic E-state index is 0.665. The van der Waals surface area contributed by atoms with Gasteiger partial charge in [-0.3, -0.25) is 0 Å². The van der Waals surface area contributed by atoms with Crippen molar-refractivity contribution in [1.29, 1.82) is 0 Å². The smallest absolute Gasteiger partial charge is 0.0794 e. The first-order valence-electron chi connectivity index (χ1n) is 6.38. The standard InChI is InChI=1S/C13H24N2S/c1-4-6-11(3)13(5-2)14-8-7-12-9-16-10-15-12/h9-11,13-14H,4-8H2,1-3H3. The van der Waals surface area contributed by atoms with E-state index in [0.717, 1.165) is 18.9 Å². The van der Waals surface area contributed by atoms with Crippen LogP contribution >= 0.6 is 11.3 Å². The van der Waals surface area contributed by atoms with Gasteiger partial charge < -0.3 is 5.32 Å².